The van der Waals surface area contributed by atoms with E-state index >= 15 is 4.39 Å². The zero-order chi connectivity index (χ0) is 37.1. The van der Waals surface area contributed by atoms with Gasteiger partial charge in [-0.1, -0.05) is 6.42 Å². The molecule has 2 aliphatic carbocycles. The number of methoxy groups -OCH3 is 1. The number of aliphatic hydroxyl groups is 1. The average Bonchev–Trinajstić information content (AvgIpc) is 3.91. The average molecular weight is 734 g/mol. The van der Waals surface area contributed by atoms with Gasteiger partial charge in [0.2, 0.25) is 5.88 Å². The summed E-state index contributed by atoms with van der Waals surface area (Å²) in [7, 11) is 1.54. The number of anilines is 2. The van der Waals surface area contributed by atoms with Gasteiger partial charge in [-0.3, -0.25) is 4.90 Å². The number of hydrogen-bond acceptors (Lipinski definition) is 12. The van der Waals surface area contributed by atoms with Crippen molar-refractivity contribution >= 4 is 29.4 Å². The highest BCUT2D eigenvalue weighted by atomic mass is 19.1. The Bertz CT molecular complexity index is 1870. The van der Waals surface area contributed by atoms with Crippen molar-refractivity contribution in [3.63, 3.8) is 0 Å². The van der Waals surface area contributed by atoms with Gasteiger partial charge in [-0.15, -0.1) is 0 Å². The number of nitrogen functional groups attached to an aromatic ring is 1. The smallest absolute Gasteiger partial charge is 0.319 e. The number of nitrogens with zero attached hydrogens (tertiary/aromatic N) is 4. The minimum Gasteiger partial charge on any atom is -0.482 e. The molecule has 0 radical (unpaired) electrons. The third kappa shape index (κ3) is 6.76. The van der Waals surface area contributed by atoms with E-state index in [0.29, 0.717) is 65.6 Å². The van der Waals surface area contributed by atoms with Crippen molar-refractivity contribution < 1.29 is 28.4 Å². The van der Waals surface area contributed by atoms with E-state index in [-0.39, 0.29) is 41.9 Å². The van der Waals surface area contributed by atoms with Crippen LogP contribution < -0.4 is 31.3 Å². The topological polar surface area (TPSA) is 151 Å². The summed E-state index contributed by atoms with van der Waals surface area (Å²) in [5, 5.41) is 23.3. The SMILES string of the molecule is COC1=c2c(N3CCOC[C@@](C)(O)C3)nc(OC[C@]34CCC[C@H]3N([C@H]3CCO[C@@H](C)C3)CCC4)nc2=C(F)C(c2c(C=N)c(N)cc(C)c2C2CC2)N1. The maximum atomic E-state index is 17.6. The van der Waals surface area contributed by atoms with Gasteiger partial charge in [-0.2, -0.15) is 9.97 Å². The molecule has 5 fully saturated rings. The molecular formula is C40H56FN7O5. The Kier molecular flexibility index (Phi) is 9.82. The number of halogens is 1. The van der Waals surface area contributed by atoms with Gasteiger partial charge in [0, 0.05) is 48.1 Å². The highest BCUT2D eigenvalue weighted by Gasteiger charge is 2.50. The van der Waals surface area contributed by atoms with Crippen molar-refractivity contribution in [1.29, 1.82) is 5.41 Å². The monoisotopic (exact) mass is 733 g/mol. The summed E-state index contributed by atoms with van der Waals surface area (Å²) in [5.74, 6) is 0.465. The van der Waals surface area contributed by atoms with E-state index in [1.165, 1.54) is 6.21 Å². The first kappa shape index (κ1) is 36.5. The normalized spacial score (nSPS) is 32.1. The highest BCUT2D eigenvalue weighted by molar-refractivity contribution is 5.90. The molecule has 2 aromatic rings. The van der Waals surface area contributed by atoms with Crippen LogP contribution in [-0.2, 0) is 14.2 Å². The van der Waals surface area contributed by atoms with Crippen molar-refractivity contribution in [3.8, 4) is 6.01 Å². The molecule has 0 spiro atoms. The summed E-state index contributed by atoms with van der Waals surface area (Å²) in [6.07, 6.45) is 11.1. The van der Waals surface area contributed by atoms with E-state index in [1.54, 1.807) is 14.0 Å². The fourth-order valence-electron chi connectivity index (χ4n) is 10.2. The maximum absolute atomic E-state index is 17.6. The maximum Gasteiger partial charge on any atom is 0.319 e. The van der Waals surface area contributed by atoms with Gasteiger partial charge in [0.05, 0.1) is 39.6 Å². The molecule has 2 saturated carbocycles. The minimum atomic E-state index is -1.17. The number of aryl methyl sites for hydroxylation is 1. The number of ether oxygens (including phenoxy) is 4. The van der Waals surface area contributed by atoms with E-state index in [9.17, 15) is 5.11 Å². The van der Waals surface area contributed by atoms with Crippen LogP contribution in [0.1, 0.15) is 106 Å². The van der Waals surface area contributed by atoms with Crippen LogP contribution in [-0.4, -0.2) is 103 Å². The minimum absolute atomic E-state index is 0.0490. The number of fused-ring (bicyclic) bond motifs is 2. The summed E-state index contributed by atoms with van der Waals surface area (Å²) >= 11 is 0. The fourth-order valence-corrected chi connectivity index (χ4v) is 10.2. The molecule has 6 aliphatic rings. The number of rotatable bonds is 9. The van der Waals surface area contributed by atoms with Crippen molar-refractivity contribution in [1.82, 2.24) is 20.2 Å². The van der Waals surface area contributed by atoms with Gasteiger partial charge >= 0.3 is 6.01 Å². The second-order valence-electron chi connectivity index (χ2n) is 16.7. The van der Waals surface area contributed by atoms with Gasteiger partial charge in [-0.25, -0.2) is 4.39 Å². The molecule has 288 valence electrons. The third-order valence-electron chi connectivity index (χ3n) is 12.7. The third-order valence-corrected chi connectivity index (χ3v) is 12.7. The predicted octanol–water partition coefficient (Wildman–Crippen LogP) is 3.55. The first-order valence-corrected chi connectivity index (χ1v) is 19.6. The summed E-state index contributed by atoms with van der Waals surface area (Å²) in [5.41, 5.74) is 8.83. The Morgan fingerprint density at radius 3 is 2.72 bits per heavy atom. The lowest BCUT2D eigenvalue weighted by molar-refractivity contribution is -0.0701. The lowest BCUT2D eigenvalue weighted by atomic mass is 9.74. The summed E-state index contributed by atoms with van der Waals surface area (Å²) in [4.78, 5) is 14.5. The van der Waals surface area contributed by atoms with Crippen molar-refractivity contribution in [2.45, 2.75) is 114 Å². The first-order chi connectivity index (χ1) is 25.5. The van der Waals surface area contributed by atoms with Crippen LogP contribution in [0.4, 0.5) is 15.9 Å². The summed E-state index contributed by atoms with van der Waals surface area (Å²) in [6, 6.07) is 1.90. The molecule has 1 aromatic heterocycles. The van der Waals surface area contributed by atoms with Crippen molar-refractivity contribution in [2.24, 2.45) is 5.41 Å². The van der Waals surface area contributed by atoms with Crippen LogP contribution in [0.25, 0.3) is 11.7 Å². The highest BCUT2D eigenvalue weighted by Crippen LogP contribution is 2.50. The molecule has 6 atom stereocenters. The Morgan fingerprint density at radius 2 is 1.96 bits per heavy atom. The Hall–Kier alpha value is -3.52. The van der Waals surface area contributed by atoms with Crippen LogP contribution in [0.5, 0.6) is 6.01 Å². The van der Waals surface area contributed by atoms with Crippen LogP contribution in [0.3, 0.4) is 0 Å². The summed E-state index contributed by atoms with van der Waals surface area (Å²) < 4.78 is 41.9. The fraction of sp³-hybridized carbons (Fsp3) is 0.675. The molecule has 5 N–H and O–H groups in total. The molecule has 3 saturated heterocycles. The molecule has 4 aliphatic heterocycles. The molecule has 1 aromatic carbocycles. The van der Waals surface area contributed by atoms with Crippen LogP contribution in [0.15, 0.2) is 6.07 Å². The number of nitrogens with two attached hydrogens (primary N) is 1. The van der Waals surface area contributed by atoms with Crippen LogP contribution in [0.2, 0.25) is 0 Å². The number of benzene rings is 1. The second-order valence-corrected chi connectivity index (χ2v) is 16.7. The van der Waals surface area contributed by atoms with E-state index in [1.807, 2.05) is 17.9 Å². The Labute approximate surface area is 311 Å². The number of piperidine rings is 1. The standard InChI is InChI=1S/C40H56FN7O5/c1-23-17-28(43)27(19-42)31(30(23)25-8-9-25)34-33(41)35-32(37(44-34)50-4)36(47-14-16-51-21-39(3,49)20-47)46-38(45-35)53-22-40-11-5-7-29(40)48(13-6-12-40)26-10-15-52-24(2)18-26/h17,19,24-26,29,34,42,44,49H,5-16,18,20-22,43H2,1-4H3/t24-,26-,29+,34?,39-,40+/m0/s1. The molecule has 0 bridgehead atoms. The lowest BCUT2D eigenvalue weighted by Crippen LogP contribution is -2.57. The molecule has 5 heterocycles. The largest absolute Gasteiger partial charge is 0.482 e. The summed E-state index contributed by atoms with van der Waals surface area (Å²) in [6.45, 7) is 9.39. The Morgan fingerprint density at radius 1 is 1.15 bits per heavy atom. The molecule has 53 heavy (non-hydrogen) atoms. The molecule has 1 unspecified atom stereocenters. The second kappa shape index (κ2) is 14.3. The quantitative estimate of drug-likeness (QED) is 0.221. The van der Waals surface area contributed by atoms with E-state index in [2.05, 4.69) is 17.1 Å². The van der Waals surface area contributed by atoms with Gasteiger partial charge in [0.25, 0.3) is 0 Å². The van der Waals surface area contributed by atoms with E-state index < -0.39 is 17.5 Å². The van der Waals surface area contributed by atoms with Crippen molar-refractivity contribution in [3.05, 3.63) is 38.9 Å². The number of nitrogens with one attached hydrogen (secondary N) is 2. The van der Waals surface area contributed by atoms with Gasteiger partial charge < -0.3 is 45.4 Å². The molecular weight excluding hydrogens is 677 g/mol. The van der Waals surface area contributed by atoms with Crippen LogP contribution >= 0.6 is 0 Å². The number of β-amino-alcohol motifs (C(OH)–C–C–N with tert-alkyl or cyclic N) is 1. The molecule has 12 nitrogen and oxygen atoms in total. The van der Waals surface area contributed by atoms with Gasteiger partial charge in [-0.05, 0) is 107 Å². The molecule has 0 amide bonds. The van der Waals surface area contributed by atoms with Gasteiger partial charge in [0.15, 0.2) is 5.83 Å². The number of aromatic nitrogens is 2. The van der Waals surface area contributed by atoms with Crippen LogP contribution in [0, 0.1) is 17.7 Å². The lowest BCUT2D eigenvalue weighted by Gasteiger charge is -2.50. The predicted molar refractivity (Wildman–Crippen MR) is 201 cm³/mol. The molecule has 8 rings (SSSR count). The Balaban J connectivity index is 1.23. The van der Waals surface area contributed by atoms with E-state index in [4.69, 9.17) is 40.1 Å². The zero-order valence-corrected chi connectivity index (χ0v) is 31.7. The van der Waals surface area contributed by atoms with E-state index in [0.717, 1.165) is 82.1 Å². The first-order valence-electron chi connectivity index (χ1n) is 19.6. The van der Waals surface area contributed by atoms with Crippen molar-refractivity contribution in [2.75, 3.05) is 63.8 Å². The van der Waals surface area contributed by atoms with Gasteiger partial charge in [0.1, 0.15) is 28.0 Å². The molecule has 13 heteroatoms. The number of hydrogen-bond donors (Lipinski definition) is 4. The number of likely N-dealkylation sites (tertiary alicyclic amines) is 1. The zero-order valence-electron chi connectivity index (χ0n) is 31.7.